The lowest BCUT2D eigenvalue weighted by Crippen LogP contribution is -2.47. The molecule has 4 heteroatoms. The highest BCUT2D eigenvalue weighted by Gasteiger charge is 2.17. The van der Waals surface area contributed by atoms with Crippen molar-refractivity contribution in [3.63, 3.8) is 0 Å². The monoisotopic (exact) mass is 351 g/mol. The van der Waals surface area contributed by atoms with E-state index in [1.54, 1.807) is 0 Å². The van der Waals surface area contributed by atoms with Crippen molar-refractivity contribution < 1.29 is 4.79 Å². The van der Waals surface area contributed by atoms with Crippen LogP contribution >= 0.6 is 0 Å². The number of nitrogens with one attached hydrogen (secondary N) is 1. The van der Waals surface area contributed by atoms with E-state index in [0.717, 1.165) is 44.8 Å². The molecule has 3 rings (SSSR count). The second-order valence-electron chi connectivity index (χ2n) is 7.02. The molecule has 0 saturated carbocycles. The molecule has 1 saturated heterocycles. The van der Waals surface area contributed by atoms with Crippen molar-refractivity contribution in [2.45, 2.75) is 26.7 Å². The highest BCUT2D eigenvalue weighted by atomic mass is 16.1. The van der Waals surface area contributed by atoms with E-state index in [0.29, 0.717) is 6.42 Å². The maximum absolute atomic E-state index is 12.2. The number of amides is 1. The second-order valence-corrected chi connectivity index (χ2v) is 7.02. The molecule has 0 unspecified atom stereocenters. The smallest absolute Gasteiger partial charge is 0.225 e. The first-order valence-corrected chi connectivity index (χ1v) is 9.57. The average Bonchev–Trinajstić information content (AvgIpc) is 2.67. The summed E-state index contributed by atoms with van der Waals surface area (Å²) >= 11 is 0. The normalized spacial score (nSPS) is 15.1. The highest BCUT2D eigenvalue weighted by molar-refractivity contribution is 5.90. The van der Waals surface area contributed by atoms with E-state index in [1.807, 2.05) is 12.1 Å². The first-order valence-electron chi connectivity index (χ1n) is 9.57. The predicted molar refractivity (Wildman–Crippen MR) is 109 cm³/mol. The van der Waals surface area contributed by atoms with Crippen LogP contribution in [0.5, 0.6) is 0 Å². The Labute approximate surface area is 156 Å². The van der Waals surface area contributed by atoms with E-state index in [4.69, 9.17) is 0 Å². The van der Waals surface area contributed by atoms with Crippen LogP contribution in [0.2, 0.25) is 0 Å². The lowest BCUT2D eigenvalue weighted by atomic mass is 10.1. The fourth-order valence-corrected chi connectivity index (χ4v) is 3.36. The molecule has 26 heavy (non-hydrogen) atoms. The number of hydrogen-bond donors (Lipinski definition) is 1. The molecule has 1 aliphatic heterocycles. The van der Waals surface area contributed by atoms with Crippen molar-refractivity contribution in [1.82, 2.24) is 4.90 Å². The molecule has 0 bridgehead atoms. The Morgan fingerprint density at radius 1 is 1.04 bits per heavy atom. The van der Waals surface area contributed by atoms with E-state index in [-0.39, 0.29) is 5.91 Å². The van der Waals surface area contributed by atoms with Crippen LogP contribution in [0.4, 0.5) is 11.4 Å². The van der Waals surface area contributed by atoms with Gasteiger partial charge in [-0.15, -0.1) is 0 Å². The van der Waals surface area contributed by atoms with Crippen LogP contribution in [0.1, 0.15) is 24.5 Å². The van der Waals surface area contributed by atoms with Crippen molar-refractivity contribution in [2.75, 3.05) is 42.9 Å². The molecule has 0 aromatic heterocycles. The predicted octanol–water partition coefficient (Wildman–Crippen LogP) is 3.71. The van der Waals surface area contributed by atoms with Gasteiger partial charge in [-0.2, -0.15) is 0 Å². The summed E-state index contributed by atoms with van der Waals surface area (Å²) in [6.45, 7) is 9.13. The summed E-state index contributed by atoms with van der Waals surface area (Å²) in [4.78, 5) is 17.0. The number of carbonyl (C=O) groups is 1. The van der Waals surface area contributed by atoms with Gasteiger partial charge in [0.25, 0.3) is 0 Å². The maximum atomic E-state index is 12.2. The number of rotatable bonds is 6. The lowest BCUT2D eigenvalue weighted by Gasteiger charge is -2.36. The first-order chi connectivity index (χ1) is 12.6. The Bertz CT molecular complexity index is 718. The SMILES string of the molecule is CCc1ccc(NC(=O)CCN2CCN(c3cccc(C)c3)CC2)cc1. The maximum Gasteiger partial charge on any atom is 0.225 e. The molecule has 0 radical (unpaired) electrons. The minimum atomic E-state index is 0.0929. The van der Waals surface area contributed by atoms with Gasteiger partial charge >= 0.3 is 0 Å². The summed E-state index contributed by atoms with van der Waals surface area (Å²) in [6.07, 6.45) is 1.56. The number of hydrogen-bond acceptors (Lipinski definition) is 3. The van der Waals surface area contributed by atoms with Gasteiger partial charge in [0, 0.05) is 50.5 Å². The Hall–Kier alpha value is -2.33. The molecule has 138 valence electrons. The van der Waals surface area contributed by atoms with E-state index in [1.165, 1.54) is 16.8 Å². The molecule has 1 fully saturated rings. The highest BCUT2D eigenvalue weighted by Crippen LogP contribution is 2.18. The van der Waals surface area contributed by atoms with E-state index < -0.39 is 0 Å². The topological polar surface area (TPSA) is 35.6 Å². The zero-order valence-electron chi connectivity index (χ0n) is 15.9. The fraction of sp³-hybridized carbons (Fsp3) is 0.409. The third kappa shape index (κ3) is 5.09. The van der Waals surface area contributed by atoms with Gasteiger partial charge in [-0.1, -0.05) is 31.2 Å². The minimum absolute atomic E-state index is 0.0929. The van der Waals surface area contributed by atoms with Crippen LogP contribution < -0.4 is 10.2 Å². The number of piperazine rings is 1. The third-order valence-corrected chi connectivity index (χ3v) is 5.04. The lowest BCUT2D eigenvalue weighted by molar-refractivity contribution is -0.116. The minimum Gasteiger partial charge on any atom is -0.369 e. The van der Waals surface area contributed by atoms with Crippen molar-refractivity contribution in [3.8, 4) is 0 Å². The van der Waals surface area contributed by atoms with Gasteiger partial charge in [0.2, 0.25) is 5.91 Å². The zero-order chi connectivity index (χ0) is 18.4. The van der Waals surface area contributed by atoms with Gasteiger partial charge in [0.05, 0.1) is 0 Å². The van der Waals surface area contributed by atoms with Gasteiger partial charge in [-0.25, -0.2) is 0 Å². The van der Waals surface area contributed by atoms with Gasteiger partial charge < -0.3 is 10.2 Å². The Morgan fingerprint density at radius 2 is 1.77 bits per heavy atom. The van der Waals surface area contributed by atoms with Gasteiger partial charge in [0.15, 0.2) is 0 Å². The molecule has 1 aliphatic rings. The van der Waals surface area contributed by atoms with Gasteiger partial charge in [-0.05, 0) is 48.7 Å². The quantitative estimate of drug-likeness (QED) is 0.862. The number of nitrogens with zero attached hydrogens (tertiary/aromatic N) is 2. The van der Waals surface area contributed by atoms with Crippen molar-refractivity contribution in [2.24, 2.45) is 0 Å². The average molecular weight is 351 g/mol. The summed E-state index contributed by atoms with van der Waals surface area (Å²) < 4.78 is 0. The van der Waals surface area contributed by atoms with Crippen LogP contribution in [-0.2, 0) is 11.2 Å². The standard InChI is InChI=1S/C22H29N3O/c1-3-19-7-9-20(10-8-19)23-22(26)11-12-24-13-15-25(16-14-24)21-6-4-5-18(2)17-21/h4-10,17H,3,11-16H2,1-2H3,(H,23,26). The molecule has 1 N–H and O–H groups in total. The van der Waals surface area contributed by atoms with Crippen LogP contribution in [-0.4, -0.2) is 43.5 Å². The Morgan fingerprint density at radius 3 is 2.42 bits per heavy atom. The fourth-order valence-electron chi connectivity index (χ4n) is 3.36. The molecule has 2 aromatic carbocycles. The van der Waals surface area contributed by atoms with E-state index >= 15 is 0 Å². The summed E-state index contributed by atoms with van der Waals surface area (Å²) in [5, 5.41) is 3.00. The van der Waals surface area contributed by atoms with Crippen molar-refractivity contribution in [3.05, 3.63) is 59.7 Å². The molecular formula is C22H29N3O. The number of aryl methyl sites for hydroxylation is 2. The summed E-state index contributed by atoms with van der Waals surface area (Å²) in [7, 11) is 0. The van der Waals surface area contributed by atoms with Gasteiger partial charge in [-0.3, -0.25) is 9.69 Å². The van der Waals surface area contributed by atoms with Crippen LogP contribution in [0.15, 0.2) is 48.5 Å². The molecule has 0 spiro atoms. The number of anilines is 2. The summed E-state index contributed by atoms with van der Waals surface area (Å²) in [5.41, 5.74) is 4.78. The molecule has 0 aliphatic carbocycles. The molecule has 1 amide bonds. The first kappa shape index (κ1) is 18.5. The van der Waals surface area contributed by atoms with E-state index in [9.17, 15) is 4.79 Å². The zero-order valence-corrected chi connectivity index (χ0v) is 15.9. The van der Waals surface area contributed by atoms with Crippen LogP contribution in [0.3, 0.4) is 0 Å². The summed E-state index contributed by atoms with van der Waals surface area (Å²) in [6, 6.07) is 16.8. The van der Waals surface area contributed by atoms with Crippen LogP contribution in [0.25, 0.3) is 0 Å². The third-order valence-electron chi connectivity index (χ3n) is 5.04. The Balaban J connectivity index is 1.41. The molecule has 0 atom stereocenters. The molecule has 2 aromatic rings. The second kappa shape index (κ2) is 8.86. The number of carbonyl (C=O) groups excluding carboxylic acids is 1. The Kier molecular flexibility index (Phi) is 6.29. The number of benzene rings is 2. The van der Waals surface area contributed by atoms with Crippen molar-refractivity contribution >= 4 is 17.3 Å². The van der Waals surface area contributed by atoms with E-state index in [2.05, 4.69) is 65.4 Å². The largest absolute Gasteiger partial charge is 0.369 e. The van der Waals surface area contributed by atoms with Crippen LogP contribution in [0, 0.1) is 6.92 Å². The molecular weight excluding hydrogens is 322 g/mol. The van der Waals surface area contributed by atoms with Crippen molar-refractivity contribution in [1.29, 1.82) is 0 Å². The molecule has 4 nitrogen and oxygen atoms in total. The molecule has 1 heterocycles. The summed E-state index contributed by atoms with van der Waals surface area (Å²) in [5.74, 6) is 0.0929. The van der Waals surface area contributed by atoms with Gasteiger partial charge in [0.1, 0.15) is 0 Å².